The Morgan fingerprint density at radius 1 is 1.00 bits per heavy atom. The predicted octanol–water partition coefficient (Wildman–Crippen LogP) is 4.56. The predicted molar refractivity (Wildman–Crippen MR) is 140 cm³/mol. The Morgan fingerprint density at radius 2 is 1.74 bits per heavy atom. The van der Waals surface area contributed by atoms with Gasteiger partial charge in [-0.2, -0.15) is 5.10 Å². The Kier molecular flexibility index (Phi) is 8.31. The number of anilines is 1. The van der Waals surface area contributed by atoms with Crippen molar-refractivity contribution in [2.45, 2.75) is 4.34 Å². The van der Waals surface area contributed by atoms with Crippen molar-refractivity contribution in [3.63, 3.8) is 0 Å². The summed E-state index contributed by atoms with van der Waals surface area (Å²) in [6.45, 7) is -0.123. The number of para-hydroxylation sites is 1. The van der Waals surface area contributed by atoms with E-state index in [-0.39, 0.29) is 24.2 Å². The smallest absolute Gasteiger partial charge is 0.262 e. The summed E-state index contributed by atoms with van der Waals surface area (Å²) >= 11 is 2.94. The topological polar surface area (TPSA) is 102 Å². The van der Waals surface area contributed by atoms with E-state index in [2.05, 4.69) is 20.8 Å². The summed E-state index contributed by atoms with van der Waals surface area (Å²) in [6, 6.07) is 21.9. The summed E-state index contributed by atoms with van der Waals surface area (Å²) in [5.41, 5.74) is 4.88. The van der Waals surface area contributed by atoms with Crippen molar-refractivity contribution in [2.24, 2.45) is 5.10 Å². The number of hydrazone groups is 1. The minimum absolute atomic E-state index is 0.123. The number of methoxy groups -OCH3 is 1. The number of ether oxygens (including phenoxy) is 2. The van der Waals surface area contributed by atoms with E-state index in [9.17, 15) is 9.59 Å². The van der Waals surface area contributed by atoms with Gasteiger partial charge in [-0.25, -0.2) is 10.4 Å². The number of carbonyl (C=O) groups is 2. The van der Waals surface area contributed by atoms with E-state index in [1.807, 2.05) is 24.3 Å². The molecule has 2 amide bonds. The van der Waals surface area contributed by atoms with Crippen LogP contribution < -0.4 is 20.2 Å². The van der Waals surface area contributed by atoms with Crippen LogP contribution in [-0.2, 0) is 9.59 Å². The summed E-state index contributed by atoms with van der Waals surface area (Å²) in [5.74, 6) is 0.998. The molecule has 2 N–H and O–H groups in total. The fourth-order valence-electron chi connectivity index (χ4n) is 2.92. The normalized spacial score (nSPS) is 10.9. The number of nitrogens with zero attached hydrogens (tertiary/aromatic N) is 2. The minimum atomic E-state index is -0.271. The lowest BCUT2D eigenvalue weighted by atomic mass is 10.2. The number of carbonyl (C=O) groups excluding carboxylic acids is 2. The molecule has 0 saturated heterocycles. The van der Waals surface area contributed by atoms with Gasteiger partial charge in [-0.15, -0.1) is 11.3 Å². The maximum absolute atomic E-state index is 12.1. The largest absolute Gasteiger partial charge is 0.497 e. The van der Waals surface area contributed by atoms with Crippen LogP contribution in [0.4, 0.5) is 5.69 Å². The lowest BCUT2D eigenvalue weighted by molar-refractivity contribution is -0.119. The van der Waals surface area contributed by atoms with Crippen LogP contribution in [0.15, 0.2) is 82.2 Å². The molecule has 0 aliphatic rings. The Balaban J connectivity index is 1.17. The van der Waals surface area contributed by atoms with E-state index in [1.54, 1.807) is 73.2 Å². The SMILES string of the molecule is COc1ccc(NC(=O)COc2ccc(/C=N\NC(=O)CSc3nc4ccccc4s3)cc2)cc1. The van der Waals surface area contributed by atoms with E-state index in [4.69, 9.17) is 9.47 Å². The van der Waals surface area contributed by atoms with Crippen LogP contribution >= 0.6 is 23.1 Å². The first-order valence-corrected chi connectivity index (χ1v) is 12.4. The molecule has 3 aromatic carbocycles. The third kappa shape index (κ3) is 7.29. The van der Waals surface area contributed by atoms with Gasteiger partial charge in [-0.1, -0.05) is 23.9 Å². The second-order valence-electron chi connectivity index (χ2n) is 7.16. The van der Waals surface area contributed by atoms with E-state index < -0.39 is 0 Å². The van der Waals surface area contributed by atoms with Gasteiger partial charge in [0, 0.05) is 5.69 Å². The van der Waals surface area contributed by atoms with Crippen molar-refractivity contribution < 1.29 is 19.1 Å². The number of thiazole rings is 1. The van der Waals surface area contributed by atoms with Crippen LogP contribution in [0.25, 0.3) is 10.2 Å². The van der Waals surface area contributed by atoms with Gasteiger partial charge >= 0.3 is 0 Å². The van der Waals surface area contributed by atoms with E-state index >= 15 is 0 Å². The summed E-state index contributed by atoms with van der Waals surface area (Å²) < 4.78 is 12.6. The molecule has 0 unspecified atom stereocenters. The average molecular weight is 507 g/mol. The second-order valence-corrected chi connectivity index (χ2v) is 9.42. The highest BCUT2D eigenvalue weighted by Gasteiger charge is 2.07. The van der Waals surface area contributed by atoms with E-state index in [0.29, 0.717) is 17.2 Å². The van der Waals surface area contributed by atoms with Gasteiger partial charge in [0.1, 0.15) is 11.5 Å². The fourth-order valence-corrected chi connectivity index (χ4v) is 4.78. The number of fused-ring (bicyclic) bond motifs is 1. The number of amides is 2. The maximum Gasteiger partial charge on any atom is 0.262 e. The molecule has 1 aromatic heterocycles. The quantitative estimate of drug-likeness (QED) is 0.186. The standard InChI is InChI=1S/C25H22N4O4S2/c1-32-19-12-8-18(9-13-19)27-23(30)15-33-20-10-6-17(7-11-20)14-26-29-24(31)16-34-25-28-21-4-2-3-5-22(21)35-25/h2-14H,15-16H2,1H3,(H,27,30)(H,29,31)/b26-14-. The molecule has 0 aliphatic carbocycles. The number of rotatable bonds is 10. The molecule has 4 rings (SSSR count). The van der Waals surface area contributed by atoms with Gasteiger partial charge in [0.15, 0.2) is 10.9 Å². The molecule has 0 radical (unpaired) electrons. The summed E-state index contributed by atoms with van der Waals surface area (Å²) in [4.78, 5) is 28.6. The zero-order valence-electron chi connectivity index (χ0n) is 18.8. The fraction of sp³-hybridized carbons (Fsp3) is 0.120. The molecule has 10 heteroatoms. The molecule has 0 atom stereocenters. The van der Waals surface area contributed by atoms with Crippen LogP contribution in [0, 0.1) is 0 Å². The van der Waals surface area contributed by atoms with Crippen LogP contribution in [0.1, 0.15) is 5.56 Å². The van der Waals surface area contributed by atoms with Crippen LogP contribution in [0.2, 0.25) is 0 Å². The highest BCUT2D eigenvalue weighted by molar-refractivity contribution is 8.01. The molecule has 0 fully saturated rings. The van der Waals surface area contributed by atoms with Gasteiger partial charge in [-0.3, -0.25) is 9.59 Å². The Hall–Kier alpha value is -3.89. The number of hydrogen-bond donors (Lipinski definition) is 2. The van der Waals surface area contributed by atoms with E-state index in [1.165, 1.54) is 11.8 Å². The average Bonchev–Trinajstić information content (AvgIpc) is 3.31. The molecule has 35 heavy (non-hydrogen) atoms. The van der Waals surface area contributed by atoms with Crippen LogP contribution in [-0.4, -0.2) is 42.5 Å². The minimum Gasteiger partial charge on any atom is -0.497 e. The van der Waals surface area contributed by atoms with Gasteiger partial charge in [0.05, 0.1) is 29.3 Å². The number of benzene rings is 3. The molecular weight excluding hydrogens is 484 g/mol. The highest BCUT2D eigenvalue weighted by atomic mass is 32.2. The highest BCUT2D eigenvalue weighted by Crippen LogP contribution is 2.29. The number of hydrogen-bond acceptors (Lipinski definition) is 8. The molecule has 0 saturated carbocycles. The van der Waals surface area contributed by atoms with Gasteiger partial charge in [-0.05, 0) is 66.2 Å². The third-order valence-electron chi connectivity index (χ3n) is 4.63. The van der Waals surface area contributed by atoms with Crippen molar-refractivity contribution in [1.29, 1.82) is 0 Å². The van der Waals surface area contributed by atoms with Crippen molar-refractivity contribution >= 4 is 57.0 Å². The van der Waals surface area contributed by atoms with Crippen LogP contribution in [0.5, 0.6) is 11.5 Å². The molecule has 8 nitrogen and oxygen atoms in total. The summed E-state index contributed by atoms with van der Waals surface area (Å²) in [6.07, 6.45) is 1.54. The third-order valence-corrected chi connectivity index (χ3v) is 6.81. The molecule has 4 aromatic rings. The number of nitrogens with one attached hydrogen (secondary N) is 2. The van der Waals surface area contributed by atoms with Gasteiger partial charge in [0.2, 0.25) is 0 Å². The zero-order chi connectivity index (χ0) is 24.5. The van der Waals surface area contributed by atoms with Gasteiger partial charge < -0.3 is 14.8 Å². The first-order chi connectivity index (χ1) is 17.1. The monoisotopic (exact) mass is 506 g/mol. The van der Waals surface area contributed by atoms with Crippen molar-refractivity contribution in [1.82, 2.24) is 10.4 Å². The number of thioether (sulfide) groups is 1. The maximum atomic E-state index is 12.1. The Bertz CT molecular complexity index is 1290. The first kappa shape index (κ1) is 24.2. The molecule has 1 heterocycles. The summed E-state index contributed by atoms with van der Waals surface area (Å²) in [7, 11) is 1.58. The van der Waals surface area contributed by atoms with Crippen molar-refractivity contribution in [2.75, 3.05) is 24.8 Å². The summed E-state index contributed by atoms with van der Waals surface area (Å²) in [5, 5.41) is 6.75. The van der Waals surface area contributed by atoms with Crippen molar-refractivity contribution in [3.05, 3.63) is 78.4 Å². The van der Waals surface area contributed by atoms with Crippen molar-refractivity contribution in [3.8, 4) is 11.5 Å². The van der Waals surface area contributed by atoms with Gasteiger partial charge in [0.25, 0.3) is 11.8 Å². The molecule has 0 spiro atoms. The second kappa shape index (κ2) is 12.0. The zero-order valence-corrected chi connectivity index (χ0v) is 20.4. The molecule has 0 aliphatic heterocycles. The lowest BCUT2D eigenvalue weighted by Gasteiger charge is -2.08. The Labute approximate surface area is 210 Å². The van der Waals surface area contributed by atoms with Crippen LogP contribution in [0.3, 0.4) is 0 Å². The molecular formula is C25H22N4O4S2. The van der Waals surface area contributed by atoms with E-state index in [0.717, 1.165) is 20.1 Å². The lowest BCUT2D eigenvalue weighted by Crippen LogP contribution is -2.20. The number of aromatic nitrogens is 1. The Morgan fingerprint density at radius 3 is 2.49 bits per heavy atom. The molecule has 0 bridgehead atoms. The molecule has 178 valence electrons. The first-order valence-electron chi connectivity index (χ1n) is 10.6.